The molecular weight excluding hydrogens is 320 g/mol. The Morgan fingerprint density at radius 3 is 2.60 bits per heavy atom. The van der Waals surface area contributed by atoms with Crippen LogP contribution in [-0.4, -0.2) is 11.0 Å². The Labute approximate surface area is 126 Å². The molecule has 5 heteroatoms. The minimum absolute atomic E-state index is 0.0153. The molecule has 0 amide bonds. The number of nitrogens with two attached hydrogens (primary N) is 1. The first-order valence-electron chi connectivity index (χ1n) is 6.11. The number of hydrogen-bond acceptors (Lipinski definition) is 3. The van der Waals surface area contributed by atoms with Crippen molar-refractivity contribution in [1.29, 1.82) is 0 Å². The average Bonchev–Trinajstić information content (AvgIpc) is 2.49. The molecule has 2 aromatic carbocycles. The number of nitrogens with zero attached hydrogens (tertiary/aromatic N) is 1. The van der Waals surface area contributed by atoms with E-state index in [-0.39, 0.29) is 11.9 Å². The molecule has 0 saturated carbocycles. The summed E-state index contributed by atoms with van der Waals surface area (Å²) in [5.41, 5.74) is 7.28. The van der Waals surface area contributed by atoms with Crippen molar-refractivity contribution in [3.63, 3.8) is 0 Å². The smallest absolute Gasteiger partial charge is 0.173 e. The maximum Gasteiger partial charge on any atom is 0.173 e. The van der Waals surface area contributed by atoms with Gasteiger partial charge in [0.1, 0.15) is 11.9 Å². The highest BCUT2D eigenvalue weighted by Gasteiger charge is 2.13. The van der Waals surface area contributed by atoms with E-state index in [4.69, 9.17) is 15.7 Å². The largest absolute Gasteiger partial charge is 0.485 e. The molecule has 3 N–H and O–H groups in total. The summed E-state index contributed by atoms with van der Waals surface area (Å²) in [6.07, 6.45) is -0.136. The molecule has 1 unspecified atom stereocenters. The topological polar surface area (TPSA) is 67.8 Å². The number of ether oxygens (including phenoxy) is 1. The molecular formula is C15H15BrN2O2. The minimum Gasteiger partial charge on any atom is -0.485 e. The number of benzene rings is 2. The predicted molar refractivity (Wildman–Crippen MR) is 82.1 cm³/mol. The lowest BCUT2D eigenvalue weighted by atomic mass is 10.1. The normalized spacial score (nSPS) is 13.0. The van der Waals surface area contributed by atoms with Crippen LogP contribution in [0, 0.1) is 0 Å². The van der Waals surface area contributed by atoms with Gasteiger partial charge < -0.3 is 15.7 Å². The van der Waals surface area contributed by atoms with Gasteiger partial charge in [0.15, 0.2) is 5.84 Å². The molecule has 0 aromatic heterocycles. The van der Waals surface area contributed by atoms with Crippen LogP contribution in [0.4, 0.5) is 0 Å². The van der Waals surface area contributed by atoms with Crippen LogP contribution < -0.4 is 10.5 Å². The van der Waals surface area contributed by atoms with Crippen LogP contribution in [0.15, 0.2) is 58.2 Å². The summed E-state index contributed by atoms with van der Waals surface area (Å²) < 4.78 is 6.75. The van der Waals surface area contributed by atoms with Crippen molar-refractivity contribution in [1.82, 2.24) is 0 Å². The summed E-state index contributed by atoms with van der Waals surface area (Å²) in [5.74, 6) is 0.585. The van der Waals surface area contributed by atoms with Gasteiger partial charge in [-0.05, 0) is 30.7 Å². The minimum atomic E-state index is -0.136. The van der Waals surface area contributed by atoms with Crippen LogP contribution in [0.3, 0.4) is 0 Å². The van der Waals surface area contributed by atoms with Gasteiger partial charge in [0.2, 0.25) is 0 Å². The molecule has 1 atom stereocenters. The zero-order valence-electron chi connectivity index (χ0n) is 11.0. The Morgan fingerprint density at radius 2 is 1.95 bits per heavy atom. The van der Waals surface area contributed by atoms with Crippen molar-refractivity contribution < 1.29 is 9.94 Å². The van der Waals surface area contributed by atoms with Gasteiger partial charge in [-0.25, -0.2) is 0 Å². The van der Waals surface area contributed by atoms with E-state index in [1.54, 1.807) is 12.1 Å². The molecule has 4 nitrogen and oxygen atoms in total. The van der Waals surface area contributed by atoms with E-state index in [0.29, 0.717) is 11.3 Å². The molecule has 0 aliphatic heterocycles. The van der Waals surface area contributed by atoms with Crippen LogP contribution in [-0.2, 0) is 0 Å². The van der Waals surface area contributed by atoms with E-state index < -0.39 is 0 Å². The molecule has 0 spiro atoms. The van der Waals surface area contributed by atoms with Gasteiger partial charge in [0, 0.05) is 4.47 Å². The first-order chi connectivity index (χ1) is 9.61. The summed E-state index contributed by atoms with van der Waals surface area (Å²) in [5, 5.41) is 11.9. The Kier molecular flexibility index (Phi) is 4.63. The fourth-order valence-electron chi connectivity index (χ4n) is 1.84. The van der Waals surface area contributed by atoms with Gasteiger partial charge in [-0.2, -0.15) is 0 Å². The zero-order valence-corrected chi connectivity index (χ0v) is 12.5. The highest BCUT2D eigenvalue weighted by Crippen LogP contribution is 2.27. The van der Waals surface area contributed by atoms with Crippen molar-refractivity contribution in [2.75, 3.05) is 0 Å². The van der Waals surface area contributed by atoms with Crippen molar-refractivity contribution in [3.05, 3.63) is 64.1 Å². The van der Waals surface area contributed by atoms with Crippen molar-refractivity contribution in [2.24, 2.45) is 10.9 Å². The molecule has 0 heterocycles. The molecule has 2 aromatic rings. The maximum atomic E-state index is 8.85. The van der Waals surface area contributed by atoms with E-state index in [0.717, 1.165) is 10.0 Å². The molecule has 0 aliphatic rings. The molecule has 0 fully saturated rings. The van der Waals surface area contributed by atoms with E-state index in [1.807, 2.05) is 43.3 Å². The summed E-state index contributed by atoms with van der Waals surface area (Å²) in [6.45, 7) is 1.95. The lowest BCUT2D eigenvalue weighted by Gasteiger charge is -2.17. The van der Waals surface area contributed by atoms with Gasteiger partial charge in [-0.1, -0.05) is 51.4 Å². The lowest BCUT2D eigenvalue weighted by molar-refractivity contribution is 0.226. The molecule has 0 aliphatic carbocycles. The second-order valence-electron chi connectivity index (χ2n) is 4.30. The second-order valence-corrected chi connectivity index (χ2v) is 5.21. The van der Waals surface area contributed by atoms with Crippen molar-refractivity contribution in [2.45, 2.75) is 13.0 Å². The first kappa shape index (κ1) is 14.4. The summed E-state index contributed by atoms with van der Waals surface area (Å²) in [6, 6.07) is 15.2. The van der Waals surface area contributed by atoms with Gasteiger partial charge in [0.05, 0.1) is 5.56 Å². The van der Waals surface area contributed by atoms with Gasteiger partial charge in [0.25, 0.3) is 0 Å². The molecule has 20 heavy (non-hydrogen) atoms. The van der Waals surface area contributed by atoms with Gasteiger partial charge in [-0.15, -0.1) is 0 Å². The predicted octanol–water partition coefficient (Wildman–Crippen LogP) is 3.68. The fraction of sp³-hybridized carbons (Fsp3) is 0.133. The molecule has 0 bridgehead atoms. The monoisotopic (exact) mass is 334 g/mol. The van der Waals surface area contributed by atoms with Crippen LogP contribution in [0.25, 0.3) is 0 Å². The maximum absolute atomic E-state index is 8.85. The lowest BCUT2D eigenvalue weighted by Crippen LogP contribution is -2.15. The number of halogens is 1. The third-order valence-corrected chi connectivity index (χ3v) is 3.39. The Hall–Kier alpha value is -2.01. The number of hydrogen-bond donors (Lipinski definition) is 2. The van der Waals surface area contributed by atoms with E-state index in [2.05, 4.69) is 21.1 Å². The third kappa shape index (κ3) is 3.30. The summed E-state index contributed by atoms with van der Waals surface area (Å²) in [4.78, 5) is 0. The molecule has 0 saturated heterocycles. The van der Waals surface area contributed by atoms with Crippen LogP contribution in [0.5, 0.6) is 5.75 Å². The van der Waals surface area contributed by atoms with Crippen LogP contribution in [0.2, 0.25) is 0 Å². The fourth-order valence-corrected chi connectivity index (χ4v) is 2.20. The Bertz CT molecular complexity index is 615. The Balaban J connectivity index is 2.30. The van der Waals surface area contributed by atoms with E-state index >= 15 is 0 Å². The van der Waals surface area contributed by atoms with Crippen LogP contribution in [0.1, 0.15) is 24.2 Å². The molecule has 104 valence electrons. The first-order valence-corrected chi connectivity index (χ1v) is 6.90. The van der Waals surface area contributed by atoms with Crippen molar-refractivity contribution >= 4 is 21.8 Å². The number of rotatable bonds is 4. The van der Waals surface area contributed by atoms with Gasteiger partial charge >= 0.3 is 0 Å². The third-order valence-electron chi connectivity index (χ3n) is 2.90. The number of amidine groups is 1. The van der Waals surface area contributed by atoms with E-state index in [1.165, 1.54) is 0 Å². The molecule has 0 radical (unpaired) electrons. The quantitative estimate of drug-likeness (QED) is 0.388. The Morgan fingerprint density at radius 1 is 1.25 bits per heavy atom. The van der Waals surface area contributed by atoms with Crippen molar-refractivity contribution in [3.8, 4) is 5.75 Å². The standard InChI is InChI=1S/C15H15BrN2O2/c1-10(11-5-3-2-4-6-11)20-14-8-7-12(16)9-13(14)15(17)18-19/h2-10,19H,1H3,(H2,17,18). The zero-order chi connectivity index (χ0) is 14.5. The van der Waals surface area contributed by atoms with E-state index in [9.17, 15) is 0 Å². The highest BCUT2D eigenvalue weighted by atomic mass is 79.9. The SMILES string of the molecule is CC(Oc1ccc(Br)cc1/C(N)=N/O)c1ccccc1. The van der Waals surface area contributed by atoms with Gasteiger partial charge in [-0.3, -0.25) is 0 Å². The second kappa shape index (κ2) is 6.43. The number of oxime groups is 1. The average molecular weight is 335 g/mol. The summed E-state index contributed by atoms with van der Waals surface area (Å²) in [7, 11) is 0. The highest BCUT2D eigenvalue weighted by molar-refractivity contribution is 9.10. The van der Waals surface area contributed by atoms with Crippen LogP contribution >= 0.6 is 15.9 Å². The molecule has 2 rings (SSSR count). The summed E-state index contributed by atoms with van der Waals surface area (Å²) >= 11 is 3.36.